The van der Waals surface area contributed by atoms with Crippen molar-refractivity contribution >= 4 is 23.0 Å². The highest BCUT2D eigenvalue weighted by Crippen LogP contribution is 2.20. The fourth-order valence-electron chi connectivity index (χ4n) is 1.12. The first kappa shape index (κ1) is 11.7. The predicted octanol–water partition coefficient (Wildman–Crippen LogP) is 3.43. The zero-order chi connectivity index (χ0) is 11.4. The summed E-state index contributed by atoms with van der Waals surface area (Å²) in [5.74, 6) is -0.473. The van der Waals surface area contributed by atoms with E-state index >= 15 is 0 Å². The lowest BCUT2D eigenvalue weighted by molar-refractivity contribution is 0.628. The van der Waals surface area contributed by atoms with E-state index in [0.717, 1.165) is 5.71 Å². The summed E-state index contributed by atoms with van der Waals surface area (Å²) in [7, 11) is 0. The minimum absolute atomic E-state index is 0.0946. The van der Waals surface area contributed by atoms with Gasteiger partial charge in [0, 0.05) is 17.5 Å². The fourth-order valence-corrected chi connectivity index (χ4v) is 1.24. The van der Waals surface area contributed by atoms with Crippen LogP contribution >= 0.6 is 11.6 Å². The summed E-state index contributed by atoms with van der Waals surface area (Å²) in [6.07, 6.45) is 1.71. The van der Waals surface area contributed by atoms with Crippen LogP contribution in [0.25, 0.3) is 0 Å². The molecule has 1 aromatic rings. The van der Waals surface area contributed by atoms with Gasteiger partial charge in [-0.1, -0.05) is 11.6 Å². The van der Waals surface area contributed by atoms with Crippen LogP contribution in [0.5, 0.6) is 0 Å². The van der Waals surface area contributed by atoms with Crippen molar-refractivity contribution in [1.82, 2.24) is 0 Å². The van der Waals surface area contributed by atoms with Gasteiger partial charge in [-0.2, -0.15) is 0 Å². The Bertz CT molecular complexity index is 421. The molecule has 0 atom stereocenters. The molecule has 4 heteroatoms. The molecule has 0 aliphatic carbocycles. The van der Waals surface area contributed by atoms with E-state index in [9.17, 15) is 4.39 Å². The first-order valence-corrected chi connectivity index (χ1v) is 4.81. The van der Waals surface area contributed by atoms with E-state index in [0.29, 0.717) is 11.4 Å². The molecule has 0 bridgehead atoms. The zero-order valence-electron chi connectivity index (χ0n) is 8.59. The van der Waals surface area contributed by atoms with Crippen molar-refractivity contribution in [3.8, 4) is 0 Å². The minimum Gasteiger partial charge on any atom is -0.402 e. The number of nitrogens with zero attached hydrogens (tertiary/aromatic N) is 1. The molecule has 1 aromatic carbocycles. The Labute approximate surface area is 93.3 Å². The van der Waals surface area contributed by atoms with Crippen LogP contribution in [-0.2, 0) is 0 Å². The lowest BCUT2D eigenvalue weighted by atomic mass is 10.3. The van der Waals surface area contributed by atoms with Crippen LogP contribution in [0.15, 0.2) is 35.0 Å². The van der Waals surface area contributed by atoms with Crippen molar-refractivity contribution in [2.75, 3.05) is 0 Å². The van der Waals surface area contributed by atoms with E-state index in [1.807, 2.05) is 0 Å². The lowest BCUT2D eigenvalue weighted by Crippen LogP contribution is -1.94. The summed E-state index contributed by atoms with van der Waals surface area (Å²) < 4.78 is 13.1. The van der Waals surface area contributed by atoms with Crippen molar-refractivity contribution < 1.29 is 4.39 Å². The summed E-state index contributed by atoms with van der Waals surface area (Å²) in [6, 6.07) is 4.40. The monoisotopic (exact) mass is 226 g/mol. The highest BCUT2D eigenvalue weighted by molar-refractivity contribution is 6.30. The van der Waals surface area contributed by atoms with Gasteiger partial charge in [0.25, 0.3) is 0 Å². The molecular formula is C11H12ClFN2. The third kappa shape index (κ3) is 3.72. The molecule has 80 valence electrons. The quantitative estimate of drug-likeness (QED) is 0.771. The number of hydrogen-bond acceptors (Lipinski definition) is 2. The fraction of sp³-hybridized carbons (Fsp3) is 0.182. The predicted molar refractivity (Wildman–Crippen MR) is 62.1 cm³/mol. The summed E-state index contributed by atoms with van der Waals surface area (Å²) in [6.45, 7) is 3.56. The van der Waals surface area contributed by atoms with Crippen LogP contribution in [0.3, 0.4) is 0 Å². The minimum atomic E-state index is -0.473. The first-order chi connectivity index (χ1) is 6.99. The van der Waals surface area contributed by atoms with E-state index in [4.69, 9.17) is 17.3 Å². The van der Waals surface area contributed by atoms with Gasteiger partial charge in [-0.05, 0) is 32.1 Å². The van der Waals surface area contributed by atoms with E-state index in [1.54, 1.807) is 26.0 Å². The largest absolute Gasteiger partial charge is 0.402 e. The molecule has 0 aliphatic heterocycles. The molecule has 0 spiro atoms. The van der Waals surface area contributed by atoms with Crippen molar-refractivity contribution in [3.05, 3.63) is 40.8 Å². The number of nitrogens with two attached hydrogens (primary N) is 1. The van der Waals surface area contributed by atoms with Crippen LogP contribution in [0, 0.1) is 5.82 Å². The lowest BCUT2D eigenvalue weighted by Gasteiger charge is -1.98. The second-order valence-electron chi connectivity index (χ2n) is 3.24. The van der Waals surface area contributed by atoms with Gasteiger partial charge in [0.15, 0.2) is 0 Å². The van der Waals surface area contributed by atoms with Crippen molar-refractivity contribution in [1.29, 1.82) is 0 Å². The number of halogens is 2. The van der Waals surface area contributed by atoms with E-state index in [1.165, 1.54) is 12.1 Å². The average Bonchev–Trinajstić information content (AvgIpc) is 2.10. The van der Waals surface area contributed by atoms with Gasteiger partial charge >= 0.3 is 0 Å². The van der Waals surface area contributed by atoms with Gasteiger partial charge in [-0.25, -0.2) is 4.39 Å². The van der Waals surface area contributed by atoms with Crippen LogP contribution in [0.1, 0.15) is 13.8 Å². The van der Waals surface area contributed by atoms with Gasteiger partial charge in [-0.15, -0.1) is 0 Å². The van der Waals surface area contributed by atoms with E-state index < -0.39 is 5.82 Å². The van der Waals surface area contributed by atoms with Gasteiger partial charge in [0.05, 0.1) is 10.7 Å². The number of benzene rings is 1. The molecule has 0 heterocycles. The third-order valence-corrected chi connectivity index (χ3v) is 1.95. The number of aliphatic imine (C=N–C) groups is 1. The Morgan fingerprint density at radius 2 is 2.13 bits per heavy atom. The van der Waals surface area contributed by atoms with Crippen molar-refractivity contribution in [2.45, 2.75) is 13.8 Å². The molecule has 15 heavy (non-hydrogen) atoms. The average molecular weight is 227 g/mol. The highest BCUT2D eigenvalue weighted by atomic mass is 35.5. The molecule has 0 aliphatic rings. The molecule has 0 radical (unpaired) electrons. The molecule has 0 unspecified atom stereocenters. The standard InChI is InChI=1S/C11H12ClFN2/c1-7(14)5-8(2)15-9-3-4-10(12)11(13)6-9/h3-6H,14H2,1-2H3. The smallest absolute Gasteiger partial charge is 0.143 e. The maximum atomic E-state index is 13.1. The van der Waals surface area contributed by atoms with E-state index in [-0.39, 0.29) is 5.02 Å². The van der Waals surface area contributed by atoms with Gasteiger partial charge in [0.1, 0.15) is 5.82 Å². The molecule has 2 N–H and O–H groups in total. The molecule has 0 saturated heterocycles. The second kappa shape index (κ2) is 4.94. The summed E-state index contributed by atoms with van der Waals surface area (Å²) >= 11 is 5.55. The molecule has 0 amide bonds. The van der Waals surface area contributed by atoms with E-state index in [2.05, 4.69) is 4.99 Å². The maximum absolute atomic E-state index is 13.1. The number of hydrogen-bond donors (Lipinski definition) is 1. The highest BCUT2D eigenvalue weighted by Gasteiger charge is 1.99. The second-order valence-corrected chi connectivity index (χ2v) is 3.65. The normalized spacial score (nSPS) is 13.1. The first-order valence-electron chi connectivity index (χ1n) is 4.43. The van der Waals surface area contributed by atoms with Crippen molar-refractivity contribution in [3.63, 3.8) is 0 Å². The molecule has 1 rings (SSSR count). The van der Waals surface area contributed by atoms with Crippen LogP contribution in [0.2, 0.25) is 5.02 Å². The topological polar surface area (TPSA) is 38.4 Å². The summed E-state index contributed by atoms with van der Waals surface area (Å²) in [5.41, 5.74) is 7.38. The maximum Gasteiger partial charge on any atom is 0.143 e. The zero-order valence-corrected chi connectivity index (χ0v) is 9.35. The molecule has 2 nitrogen and oxygen atoms in total. The SMILES string of the molecule is CC(N)=CC(C)=Nc1ccc(Cl)c(F)c1. The van der Waals surface area contributed by atoms with Crippen LogP contribution in [0.4, 0.5) is 10.1 Å². The Morgan fingerprint density at radius 1 is 1.47 bits per heavy atom. The Morgan fingerprint density at radius 3 is 2.67 bits per heavy atom. The van der Waals surface area contributed by atoms with Crippen molar-refractivity contribution in [2.24, 2.45) is 10.7 Å². The molecule has 0 fully saturated rings. The van der Waals surface area contributed by atoms with Crippen LogP contribution < -0.4 is 5.73 Å². The van der Waals surface area contributed by atoms with Gasteiger partial charge in [-0.3, -0.25) is 4.99 Å². The Balaban J connectivity index is 2.99. The number of allylic oxidation sites excluding steroid dienone is 2. The Hall–Kier alpha value is -1.35. The number of rotatable bonds is 2. The molecule has 0 saturated carbocycles. The van der Waals surface area contributed by atoms with Gasteiger partial charge in [0.2, 0.25) is 0 Å². The third-order valence-electron chi connectivity index (χ3n) is 1.65. The molecular weight excluding hydrogens is 215 g/mol. The summed E-state index contributed by atoms with van der Waals surface area (Å²) in [5, 5.41) is 0.0946. The Kier molecular flexibility index (Phi) is 3.86. The van der Waals surface area contributed by atoms with Crippen LogP contribution in [-0.4, -0.2) is 5.71 Å². The van der Waals surface area contributed by atoms with Gasteiger partial charge < -0.3 is 5.73 Å². The molecule has 0 aromatic heterocycles. The summed E-state index contributed by atoms with van der Waals surface area (Å²) in [4.78, 5) is 4.16.